The van der Waals surface area contributed by atoms with Crippen LogP contribution in [0.4, 0.5) is 9.93 Å². The average molecular weight is 197 g/mol. The van der Waals surface area contributed by atoms with Crippen LogP contribution in [0.25, 0.3) is 0 Å². The standard InChI is InChI=1S/C7H7N3O2S/c1-4-5(11)10(6(12)9-4)7-8-2-3-13-7/h2-4H,1H3,(H,9,12). The van der Waals surface area contributed by atoms with Crippen molar-refractivity contribution in [3.63, 3.8) is 0 Å². The van der Waals surface area contributed by atoms with Crippen LogP contribution in [-0.2, 0) is 4.79 Å². The van der Waals surface area contributed by atoms with Gasteiger partial charge in [0.15, 0.2) is 0 Å². The van der Waals surface area contributed by atoms with E-state index in [1.54, 1.807) is 18.5 Å². The van der Waals surface area contributed by atoms with E-state index in [-0.39, 0.29) is 5.91 Å². The Labute approximate surface area is 78.4 Å². The molecule has 1 unspecified atom stereocenters. The van der Waals surface area contributed by atoms with Crippen molar-refractivity contribution in [2.24, 2.45) is 0 Å². The van der Waals surface area contributed by atoms with E-state index in [1.807, 2.05) is 0 Å². The van der Waals surface area contributed by atoms with Crippen molar-refractivity contribution in [2.45, 2.75) is 13.0 Å². The molecule has 3 amide bonds. The fraction of sp³-hybridized carbons (Fsp3) is 0.286. The van der Waals surface area contributed by atoms with Crippen molar-refractivity contribution in [3.8, 4) is 0 Å². The molecule has 1 N–H and O–H groups in total. The molecule has 1 aliphatic heterocycles. The number of urea groups is 1. The van der Waals surface area contributed by atoms with Crippen LogP contribution in [0.2, 0.25) is 0 Å². The fourth-order valence-corrected chi connectivity index (χ4v) is 1.76. The summed E-state index contributed by atoms with van der Waals surface area (Å²) in [6.07, 6.45) is 1.56. The summed E-state index contributed by atoms with van der Waals surface area (Å²) in [6, 6.07) is -0.844. The van der Waals surface area contributed by atoms with Crippen molar-refractivity contribution in [1.29, 1.82) is 0 Å². The maximum absolute atomic E-state index is 11.4. The number of hydrogen-bond acceptors (Lipinski definition) is 4. The molecule has 68 valence electrons. The van der Waals surface area contributed by atoms with E-state index in [1.165, 1.54) is 11.3 Å². The first-order valence-electron chi connectivity index (χ1n) is 3.74. The van der Waals surface area contributed by atoms with E-state index in [2.05, 4.69) is 10.3 Å². The number of imide groups is 1. The maximum atomic E-state index is 11.4. The molecule has 0 bridgehead atoms. The van der Waals surface area contributed by atoms with Crippen molar-refractivity contribution >= 4 is 28.4 Å². The molecule has 2 rings (SSSR count). The summed E-state index contributed by atoms with van der Waals surface area (Å²) in [5.41, 5.74) is 0. The Morgan fingerprint density at radius 1 is 1.62 bits per heavy atom. The van der Waals surface area contributed by atoms with Gasteiger partial charge in [-0.3, -0.25) is 4.79 Å². The third-order valence-corrected chi connectivity index (χ3v) is 2.50. The Balaban J connectivity index is 2.34. The van der Waals surface area contributed by atoms with E-state index >= 15 is 0 Å². The summed E-state index contributed by atoms with van der Waals surface area (Å²) in [7, 11) is 0. The van der Waals surface area contributed by atoms with Gasteiger partial charge in [-0.25, -0.2) is 14.7 Å². The maximum Gasteiger partial charge on any atom is 0.331 e. The molecule has 0 radical (unpaired) electrons. The Kier molecular flexibility index (Phi) is 1.77. The minimum Gasteiger partial charge on any atom is -0.326 e. The molecule has 1 fully saturated rings. The predicted molar refractivity (Wildman–Crippen MR) is 47.6 cm³/mol. The molecule has 6 heteroatoms. The average Bonchev–Trinajstić information content (AvgIpc) is 2.63. The van der Waals surface area contributed by atoms with Crippen LogP contribution in [-0.4, -0.2) is 23.0 Å². The van der Waals surface area contributed by atoms with Crippen molar-refractivity contribution in [3.05, 3.63) is 11.6 Å². The lowest BCUT2D eigenvalue weighted by Crippen LogP contribution is -2.30. The SMILES string of the molecule is CC1NC(=O)N(c2nccs2)C1=O. The van der Waals surface area contributed by atoms with Gasteiger partial charge in [-0.15, -0.1) is 11.3 Å². The van der Waals surface area contributed by atoms with E-state index in [9.17, 15) is 9.59 Å². The number of aromatic nitrogens is 1. The molecule has 1 atom stereocenters. The molecule has 1 aliphatic rings. The number of hydrogen-bond donors (Lipinski definition) is 1. The van der Waals surface area contributed by atoms with Crippen LogP contribution in [0.3, 0.4) is 0 Å². The third-order valence-electron chi connectivity index (χ3n) is 1.74. The molecule has 1 aromatic heterocycles. The normalized spacial score (nSPS) is 22.2. The fourth-order valence-electron chi connectivity index (χ4n) is 1.11. The molecular formula is C7H7N3O2S. The number of nitrogens with zero attached hydrogens (tertiary/aromatic N) is 2. The van der Waals surface area contributed by atoms with Crippen LogP contribution in [0.5, 0.6) is 0 Å². The monoisotopic (exact) mass is 197 g/mol. The van der Waals surface area contributed by atoms with Gasteiger partial charge in [0.05, 0.1) is 0 Å². The highest BCUT2D eigenvalue weighted by molar-refractivity contribution is 7.14. The van der Waals surface area contributed by atoms with Crippen molar-refractivity contribution in [2.75, 3.05) is 4.90 Å². The lowest BCUT2D eigenvalue weighted by molar-refractivity contribution is -0.117. The van der Waals surface area contributed by atoms with Gasteiger partial charge < -0.3 is 5.32 Å². The summed E-state index contributed by atoms with van der Waals surface area (Å²) in [6.45, 7) is 1.65. The smallest absolute Gasteiger partial charge is 0.326 e. The number of thiazole rings is 1. The Morgan fingerprint density at radius 3 is 2.85 bits per heavy atom. The number of anilines is 1. The quantitative estimate of drug-likeness (QED) is 0.670. The second kappa shape index (κ2) is 2.81. The molecule has 0 aliphatic carbocycles. The molecule has 13 heavy (non-hydrogen) atoms. The highest BCUT2D eigenvalue weighted by Gasteiger charge is 2.37. The van der Waals surface area contributed by atoms with Gasteiger partial charge in [-0.05, 0) is 6.92 Å². The molecule has 2 heterocycles. The topological polar surface area (TPSA) is 62.3 Å². The Morgan fingerprint density at radius 2 is 2.38 bits per heavy atom. The van der Waals surface area contributed by atoms with Gasteiger partial charge in [0, 0.05) is 11.6 Å². The second-order valence-corrected chi connectivity index (χ2v) is 3.53. The Hall–Kier alpha value is -1.43. The summed E-state index contributed by atoms with van der Waals surface area (Å²) < 4.78 is 0. The molecule has 0 saturated carbocycles. The minimum absolute atomic E-state index is 0.250. The first kappa shape index (κ1) is 8.18. The van der Waals surface area contributed by atoms with Gasteiger partial charge in [-0.2, -0.15) is 0 Å². The summed E-state index contributed by atoms with van der Waals surface area (Å²) in [5.74, 6) is -0.250. The second-order valence-electron chi connectivity index (χ2n) is 2.66. The molecule has 0 spiro atoms. The lowest BCUT2D eigenvalue weighted by atomic mass is 10.3. The van der Waals surface area contributed by atoms with Gasteiger partial charge in [-0.1, -0.05) is 0 Å². The van der Waals surface area contributed by atoms with Gasteiger partial charge in [0.25, 0.3) is 5.91 Å². The number of amides is 3. The van der Waals surface area contributed by atoms with Gasteiger partial charge >= 0.3 is 6.03 Å². The zero-order valence-electron chi connectivity index (χ0n) is 6.85. The largest absolute Gasteiger partial charge is 0.331 e. The molecule has 1 saturated heterocycles. The third kappa shape index (κ3) is 1.19. The molecular weight excluding hydrogens is 190 g/mol. The van der Waals surface area contributed by atoms with E-state index in [4.69, 9.17) is 0 Å². The number of rotatable bonds is 1. The Bertz CT molecular complexity index is 349. The molecule has 5 nitrogen and oxygen atoms in total. The van der Waals surface area contributed by atoms with Crippen LogP contribution in [0.15, 0.2) is 11.6 Å². The van der Waals surface area contributed by atoms with Crippen molar-refractivity contribution in [1.82, 2.24) is 10.3 Å². The van der Waals surface area contributed by atoms with E-state index in [0.29, 0.717) is 5.13 Å². The molecule has 0 aromatic carbocycles. The van der Waals surface area contributed by atoms with Crippen LogP contribution >= 0.6 is 11.3 Å². The minimum atomic E-state index is -0.448. The van der Waals surface area contributed by atoms with Gasteiger partial charge in [0.1, 0.15) is 6.04 Å². The van der Waals surface area contributed by atoms with Crippen molar-refractivity contribution < 1.29 is 9.59 Å². The summed E-state index contributed by atoms with van der Waals surface area (Å²) in [5, 5.41) is 4.65. The zero-order chi connectivity index (χ0) is 9.42. The zero-order valence-corrected chi connectivity index (χ0v) is 7.67. The lowest BCUT2D eigenvalue weighted by Gasteiger charge is -2.06. The number of carbonyl (C=O) groups excluding carboxylic acids is 2. The van der Waals surface area contributed by atoms with Crippen LogP contribution in [0, 0.1) is 0 Å². The highest BCUT2D eigenvalue weighted by atomic mass is 32.1. The predicted octanol–water partition coefficient (Wildman–Crippen LogP) is 0.588. The van der Waals surface area contributed by atoms with Crippen LogP contribution in [0.1, 0.15) is 6.92 Å². The summed E-state index contributed by atoms with van der Waals surface area (Å²) >= 11 is 1.26. The first-order valence-corrected chi connectivity index (χ1v) is 4.62. The van der Waals surface area contributed by atoms with Gasteiger partial charge in [0.2, 0.25) is 5.13 Å². The summed E-state index contributed by atoms with van der Waals surface area (Å²) in [4.78, 5) is 27.6. The highest BCUT2D eigenvalue weighted by Crippen LogP contribution is 2.21. The number of carbonyl (C=O) groups is 2. The number of nitrogens with one attached hydrogen (secondary N) is 1. The van der Waals surface area contributed by atoms with E-state index < -0.39 is 12.1 Å². The van der Waals surface area contributed by atoms with E-state index in [0.717, 1.165) is 4.90 Å². The van der Waals surface area contributed by atoms with Crippen LogP contribution < -0.4 is 10.2 Å². The first-order chi connectivity index (χ1) is 6.20. The molecule has 1 aromatic rings.